The molecule has 2 rings (SSSR count). The van der Waals surface area contributed by atoms with Crippen molar-refractivity contribution < 1.29 is 4.79 Å². The van der Waals surface area contributed by atoms with Gasteiger partial charge in [-0.1, -0.05) is 17.4 Å². The van der Waals surface area contributed by atoms with Crippen molar-refractivity contribution >= 4 is 17.2 Å². The number of carbonyl (C=O) groups excluding carboxylic acids is 1. The third-order valence-corrected chi connectivity index (χ3v) is 2.48. The van der Waals surface area contributed by atoms with Gasteiger partial charge in [-0.25, -0.2) is 0 Å². The van der Waals surface area contributed by atoms with Crippen LogP contribution < -0.4 is 5.73 Å². The lowest BCUT2D eigenvalue weighted by molar-refractivity contribution is 0.0999. The molecule has 0 bridgehead atoms. The van der Waals surface area contributed by atoms with Gasteiger partial charge in [-0.15, -0.1) is 10.2 Å². The van der Waals surface area contributed by atoms with Crippen LogP contribution in [0.25, 0.3) is 10.7 Å². The number of nitrogens with zero attached hydrogens (tertiary/aromatic N) is 3. The maximum absolute atomic E-state index is 10.8. The summed E-state index contributed by atoms with van der Waals surface area (Å²) in [5.74, 6) is -0.565. The van der Waals surface area contributed by atoms with Gasteiger partial charge < -0.3 is 5.73 Å². The van der Waals surface area contributed by atoms with Crippen molar-refractivity contribution in [1.29, 1.82) is 0 Å². The zero-order valence-corrected chi connectivity index (χ0v) is 7.86. The number of hydrogen-bond acceptors (Lipinski definition) is 5. The van der Waals surface area contributed by atoms with Gasteiger partial charge in [0.15, 0.2) is 5.01 Å². The van der Waals surface area contributed by atoms with E-state index in [0.29, 0.717) is 10.7 Å². The zero-order valence-electron chi connectivity index (χ0n) is 7.04. The van der Waals surface area contributed by atoms with E-state index < -0.39 is 5.91 Å². The first-order valence-corrected chi connectivity index (χ1v) is 4.64. The van der Waals surface area contributed by atoms with E-state index in [1.807, 2.05) is 6.07 Å². The van der Waals surface area contributed by atoms with Crippen LogP contribution in [0, 0.1) is 0 Å². The SMILES string of the molecule is NC(=O)c1nnc(-c2ccccn2)s1. The first-order valence-electron chi connectivity index (χ1n) is 3.82. The van der Waals surface area contributed by atoms with Gasteiger partial charge in [-0.2, -0.15) is 0 Å². The highest BCUT2D eigenvalue weighted by molar-refractivity contribution is 7.16. The number of nitrogens with two attached hydrogens (primary N) is 1. The normalized spacial score (nSPS) is 10.0. The highest BCUT2D eigenvalue weighted by atomic mass is 32.1. The maximum atomic E-state index is 10.8. The van der Waals surface area contributed by atoms with Crippen molar-refractivity contribution in [3.8, 4) is 10.7 Å². The quantitative estimate of drug-likeness (QED) is 0.784. The molecule has 1 amide bonds. The molecule has 0 saturated heterocycles. The number of hydrogen-bond donors (Lipinski definition) is 1. The van der Waals surface area contributed by atoms with Gasteiger partial charge in [0.25, 0.3) is 5.91 Å². The van der Waals surface area contributed by atoms with E-state index in [4.69, 9.17) is 5.73 Å². The van der Waals surface area contributed by atoms with Crippen LogP contribution in [0.2, 0.25) is 0 Å². The van der Waals surface area contributed by atoms with Crippen molar-refractivity contribution in [2.24, 2.45) is 5.73 Å². The summed E-state index contributed by atoms with van der Waals surface area (Å²) in [7, 11) is 0. The molecule has 14 heavy (non-hydrogen) atoms. The fraction of sp³-hybridized carbons (Fsp3) is 0. The Morgan fingerprint density at radius 3 is 2.79 bits per heavy atom. The van der Waals surface area contributed by atoms with Crippen LogP contribution in [-0.2, 0) is 0 Å². The Morgan fingerprint density at radius 2 is 2.21 bits per heavy atom. The second-order valence-corrected chi connectivity index (χ2v) is 3.47. The molecule has 70 valence electrons. The second kappa shape index (κ2) is 3.51. The van der Waals surface area contributed by atoms with E-state index in [0.717, 1.165) is 11.3 Å². The van der Waals surface area contributed by atoms with E-state index in [9.17, 15) is 4.79 Å². The van der Waals surface area contributed by atoms with Crippen molar-refractivity contribution in [1.82, 2.24) is 15.2 Å². The topological polar surface area (TPSA) is 81.8 Å². The number of rotatable bonds is 2. The Balaban J connectivity index is 2.39. The van der Waals surface area contributed by atoms with Crippen LogP contribution in [0.3, 0.4) is 0 Å². The van der Waals surface area contributed by atoms with E-state index in [-0.39, 0.29) is 5.01 Å². The van der Waals surface area contributed by atoms with E-state index in [1.54, 1.807) is 18.3 Å². The monoisotopic (exact) mass is 206 g/mol. The van der Waals surface area contributed by atoms with Crippen LogP contribution in [0.5, 0.6) is 0 Å². The van der Waals surface area contributed by atoms with Gasteiger partial charge >= 0.3 is 0 Å². The molecular formula is C8H6N4OS. The molecule has 0 aliphatic carbocycles. The molecule has 6 heteroatoms. The van der Waals surface area contributed by atoms with Gasteiger partial charge in [0, 0.05) is 6.20 Å². The van der Waals surface area contributed by atoms with Gasteiger partial charge in [-0.05, 0) is 12.1 Å². The molecule has 0 spiro atoms. The fourth-order valence-electron chi connectivity index (χ4n) is 0.916. The van der Waals surface area contributed by atoms with E-state index in [1.165, 1.54) is 0 Å². The summed E-state index contributed by atoms with van der Waals surface area (Å²) in [5.41, 5.74) is 5.75. The van der Waals surface area contributed by atoms with Crippen LogP contribution in [0.4, 0.5) is 0 Å². The minimum atomic E-state index is -0.565. The lowest BCUT2D eigenvalue weighted by Crippen LogP contribution is -2.10. The number of pyridine rings is 1. The Kier molecular flexibility index (Phi) is 2.19. The van der Waals surface area contributed by atoms with Crippen LogP contribution in [0.15, 0.2) is 24.4 Å². The Morgan fingerprint density at radius 1 is 1.36 bits per heavy atom. The third kappa shape index (κ3) is 1.60. The highest BCUT2D eigenvalue weighted by Crippen LogP contribution is 2.20. The summed E-state index contributed by atoms with van der Waals surface area (Å²) in [4.78, 5) is 14.8. The zero-order chi connectivity index (χ0) is 9.97. The molecule has 0 unspecified atom stereocenters. The number of amides is 1. The molecule has 2 heterocycles. The Bertz CT molecular complexity index is 453. The average Bonchev–Trinajstić information content (AvgIpc) is 2.68. The average molecular weight is 206 g/mol. The summed E-state index contributed by atoms with van der Waals surface area (Å²) in [5, 5.41) is 8.26. The second-order valence-electron chi connectivity index (χ2n) is 2.49. The molecule has 5 nitrogen and oxygen atoms in total. The van der Waals surface area contributed by atoms with Crippen LogP contribution in [-0.4, -0.2) is 21.1 Å². The van der Waals surface area contributed by atoms with Gasteiger partial charge in [-0.3, -0.25) is 9.78 Å². The summed E-state index contributed by atoms with van der Waals surface area (Å²) in [6, 6.07) is 5.44. The minimum absolute atomic E-state index is 0.200. The largest absolute Gasteiger partial charge is 0.363 e. The highest BCUT2D eigenvalue weighted by Gasteiger charge is 2.10. The fourth-order valence-corrected chi connectivity index (χ4v) is 1.59. The van der Waals surface area contributed by atoms with E-state index in [2.05, 4.69) is 15.2 Å². The first kappa shape index (κ1) is 8.76. The van der Waals surface area contributed by atoms with Crippen molar-refractivity contribution in [2.75, 3.05) is 0 Å². The molecule has 0 aliphatic heterocycles. The molecule has 2 aromatic heterocycles. The number of primary amides is 1. The summed E-state index contributed by atoms with van der Waals surface area (Å²) in [6.45, 7) is 0. The predicted octanol–water partition coefficient (Wildman–Crippen LogP) is 0.699. The Hall–Kier alpha value is -1.82. The Labute approximate surface area is 83.6 Å². The van der Waals surface area contributed by atoms with Gasteiger partial charge in [0.2, 0.25) is 5.01 Å². The molecule has 0 fully saturated rings. The molecule has 0 aromatic carbocycles. The van der Waals surface area contributed by atoms with Gasteiger partial charge in [0.1, 0.15) is 5.69 Å². The smallest absolute Gasteiger partial charge is 0.279 e. The lowest BCUT2D eigenvalue weighted by Gasteiger charge is -1.90. The van der Waals surface area contributed by atoms with Crippen molar-refractivity contribution in [3.63, 3.8) is 0 Å². The molecule has 2 N–H and O–H groups in total. The number of aromatic nitrogens is 3. The maximum Gasteiger partial charge on any atom is 0.279 e. The molecule has 0 radical (unpaired) electrons. The van der Waals surface area contributed by atoms with Crippen LogP contribution >= 0.6 is 11.3 Å². The standard InChI is InChI=1S/C8H6N4OS/c9-6(13)8-12-11-7(14-8)5-3-1-2-4-10-5/h1-4H,(H2,9,13). The third-order valence-electron chi connectivity index (χ3n) is 1.52. The molecule has 2 aromatic rings. The van der Waals surface area contributed by atoms with E-state index >= 15 is 0 Å². The first-order chi connectivity index (χ1) is 6.77. The van der Waals surface area contributed by atoms with Crippen LogP contribution in [0.1, 0.15) is 9.80 Å². The summed E-state index contributed by atoms with van der Waals surface area (Å²) in [6.07, 6.45) is 1.65. The molecular weight excluding hydrogens is 200 g/mol. The molecule has 0 atom stereocenters. The minimum Gasteiger partial charge on any atom is -0.363 e. The molecule has 0 aliphatic rings. The molecule has 0 saturated carbocycles. The number of carbonyl (C=O) groups is 1. The van der Waals surface area contributed by atoms with Gasteiger partial charge in [0.05, 0.1) is 0 Å². The summed E-state index contributed by atoms with van der Waals surface area (Å²) < 4.78 is 0. The lowest BCUT2D eigenvalue weighted by atomic mass is 10.4. The van der Waals surface area contributed by atoms with Crippen molar-refractivity contribution in [2.45, 2.75) is 0 Å². The summed E-state index contributed by atoms with van der Waals surface area (Å²) >= 11 is 1.13. The van der Waals surface area contributed by atoms with Crippen molar-refractivity contribution in [3.05, 3.63) is 29.4 Å². The predicted molar refractivity (Wildman–Crippen MR) is 51.7 cm³/mol.